The molecule has 1 aliphatic rings. The highest BCUT2D eigenvalue weighted by molar-refractivity contribution is 5.01. The first-order valence-corrected chi connectivity index (χ1v) is 5.86. The van der Waals surface area contributed by atoms with Gasteiger partial charge in [-0.2, -0.15) is 0 Å². The zero-order valence-corrected chi connectivity index (χ0v) is 10.9. The van der Waals surface area contributed by atoms with Crippen LogP contribution < -0.4 is 11.2 Å². The highest BCUT2D eigenvalue weighted by atomic mass is 16.7. The number of methoxy groups -OCH3 is 1. The molecule has 0 aliphatic carbocycles. The van der Waals surface area contributed by atoms with E-state index in [2.05, 4.69) is 10.0 Å². The average Bonchev–Trinajstić information content (AvgIpc) is 2.74. The van der Waals surface area contributed by atoms with Crippen LogP contribution in [-0.4, -0.2) is 51.4 Å². The van der Waals surface area contributed by atoms with Crippen molar-refractivity contribution in [2.45, 2.75) is 24.2 Å². The summed E-state index contributed by atoms with van der Waals surface area (Å²) in [5.41, 5.74) is 7.12. The van der Waals surface area contributed by atoms with Gasteiger partial charge in [-0.15, -0.1) is 0 Å². The van der Waals surface area contributed by atoms with Crippen LogP contribution >= 0.6 is 0 Å². The summed E-state index contributed by atoms with van der Waals surface area (Å²) in [5, 5.41) is 23.0. The van der Waals surface area contributed by atoms with Crippen LogP contribution in [-0.2, 0) is 9.47 Å². The third kappa shape index (κ3) is 2.44. The van der Waals surface area contributed by atoms with Gasteiger partial charge in [0.05, 0.1) is 6.61 Å². The van der Waals surface area contributed by atoms with E-state index in [4.69, 9.17) is 15.0 Å². The molecule has 0 unspecified atom stereocenters. The van der Waals surface area contributed by atoms with Crippen LogP contribution in [0.1, 0.15) is 6.23 Å². The first kappa shape index (κ1) is 15.2. The lowest BCUT2D eigenvalue weighted by molar-refractivity contribution is -0.248. The minimum absolute atomic E-state index is 0.615. The predicted octanol–water partition coefficient (Wildman–Crippen LogP) is -1.56. The number of aromatic amines is 1. The number of aliphatic hydroxyl groups is 2. The minimum atomic E-state index is -1.79. The van der Waals surface area contributed by atoms with E-state index in [0.29, 0.717) is 0 Å². The van der Waals surface area contributed by atoms with E-state index in [1.165, 1.54) is 7.11 Å². The number of H-pyrrole nitrogens is 1. The van der Waals surface area contributed by atoms with Gasteiger partial charge in [-0.1, -0.05) is 5.11 Å². The normalized spacial score (nSPS) is 31.9. The summed E-state index contributed by atoms with van der Waals surface area (Å²) in [4.78, 5) is 27.3. The van der Waals surface area contributed by atoms with Gasteiger partial charge in [0.15, 0.2) is 6.23 Å². The molecule has 1 saturated heterocycles. The Morgan fingerprint density at radius 1 is 1.67 bits per heavy atom. The molecule has 0 spiro atoms. The van der Waals surface area contributed by atoms with Gasteiger partial charge in [-0.25, -0.2) is 4.79 Å². The summed E-state index contributed by atoms with van der Waals surface area (Å²) in [7, 11) is 1.20. The van der Waals surface area contributed by atoms with Crippen LogP contribution in [0.15, 0.2) is 27.0 Å². The molecular weight excluding hydrogens is 286 g/mol. The van der Waals surface area contributed by atoms with Gasteiger partial charge < -0.3 is 19.7 Å². The molecule has 21 heavy (non-hydrogen) atoms. The number of hydrogen-bond acceptors (Lipinski definition) is 7. The quantitative estimate of drug-likeness (QED) is 0.346. The number of aromatic nitrogens is 2. The first-order chi connectivity index (χ1) is 9.99. The third-order valence-corrected chi connectivity index (χ3v) is 3.25. The lowest BCUT2D eigenvalue weighted by Gasteiger charge is -2.28. The SMILES string of the molecule is CO[C@]1(CO)O[C@@H](n2ccc(=O)[nH]c2=O)[C@H](O)[C@@H]1N=[N+]=[N-]. The molecule has 0 bridgehead atoms. The van der Waals surface area contributed by atoms with Crippen molar-refractivity contribution in [1.29, 1.82) is 0 Å². The van der Waals surface area contributed by atoms with E-state index in [1.54, 1.807) is 0 Å². The fourth-order valence-corrected chi connectivity index (χ4v) is 2.19. The maximum absolute atomic E-state index is 11.7. The summed E-state index contributed by atoms with van der Waals surface area (Å²) in [6.45, 7) is -0.709. The van der Waals surface area contributed by atoms with Crippen LogP contribution in [0, 0.1) is 0 Å². The molecule has 4 atom stereocenters. The molecule has 1 aromatic rings. The summed E-state index contributed by atoms with van der Waals surface area (Å²) >= 11 is 0. The summed E-state index contributed by atoms with van der Waals surface area (Å²) in [6, 6.07) is -0.215. The van der Waals surface area contributed by atoms with Gasteiger partial charge in [-0.3, -0.25) is 14.3 Å². The summed E-state index contributed by atoms with van der Waals surface area (Å²) < 4.78 is 11.3. The van der Waals surface area contributed by atoms with Gasteiger partial charge in [0, 0.05) is 24.3 Å². The van der Waals surface area contributed by atoms with Gasteiger partial charge >= 0.3 is 5.69 Å². The van der Waals surface area contributed by atoms with Crippen LogP contribution in [0.5, 0.6) is 0 Å². The topological polar surface area (TPSA) is 163 Å². The zero-order chi connectivity index (χ0) is 15.6. The Hall–Kier alpha value is -2.17. The van der Waals surface area contributed by atoms with Crippen molar-refractivity contribution in [2.75, 3.05) is 13.7 Å². The van der Waals surface area contributed by atoms with Crippen molar-refractivity contribution in [3.8, 4) is 0 Å². The Kier molecular flexibility index (Phi) is 4.11. The molecule has 1 aromatic heterocycles. The molecule has 2 heterocycles. The fourth-order valence-electron chi connectivity index (χ4n) is 2.19. The number of hydrogen-bond donors (Lipinski definition) is 3. The fraction of sp³-hybridized carbons (Fsp3) is 0.600. The Bertz CT molecular complexity index is 673. The molecule has 114 valence electrons. The van der Waals surface area contributed by atoms with E-state index in [1.807, 2.05) is 4.98 Å². The Balaban J connectivity index is 2.50. The predicted molar refractivity (Wildman–Crippen MR) is 67.2 cm³/mol. The van der Waals surface area contributed by atoms with Crippen LogP contribution in [0.4, 0.5) is 0 Å². The number of azide groups is 1. The van der Waals surface area contributed by atoms with Gasteiger partial charge in [-0.05, 0) is 5.53 Å². The van der Waals surface area contributed by atoms with Gasteiger partial charge in [0.2, 0.25) is 5.79 Å². The molecule has 2 rings (SSSR count). The van der Waals surface area contributed by atoms with Crippen LogP contribution in [0.25, 0.3) is 10.4 Å². The largest absolute Gasteiger partial charge is 0.391 e. The molecule has 0 radical (unpaired) electrons. The molecule has 0 aromatic carbocycles. The lowest BCUT2D eigenvalue weighted by atomic mass is 10.1. The van der Waals surface area contributed by atoms with Crippen molar-refractivity contribution in [2.24, 2.45) is 5.11 Å². The molecule has 3 N–H and O–H groups in total. The second kappa shape index (κ2) is 5.68. The standard InChI is InChI=1S/C10H13N5O6/c1-20-10(4-16)7(13-14-11)6(18)8(21-10)15-3-2-5(17)12-9(15)19/h2-3,6-8,16,18H,4H2,1H3,(H,12,17,19)/t6-,7+,8-,10-/m1/s1. The van der Waals surface area contributed by atoms with Crippen molar-refractivity contribution in [3.63, 3.8) is 0 Å². The maximum atomic E-state index is 11.7. The highest BCUT2D eigenvalue weighted by Crippen LogP contribution is 2.38. The van der Waals surface area contributed by atoms with Gasteiger partial charge in [0.1, 0.15) is 12.1 Å². The minimum Gasteiger partial charge on any atom is -0.391 e. The van der Waals surface area contributed by atoms with Gasteiger partial charge in [0.25, 0.3) is 5.56 Å². The molecule has 1 fully saturated rings. The number of rotatable bonds is 4. The van der Waals surface area contributed by atoms with Crippen molar-refractivity contribution in [1.82, 2.24) is 9.55 Å². The van der Waals surface area contributed by atoms with Crippen LogP contribution in [0.3, 0.4) is 0 Å². The maximum Gasteiger partial charge on any atom is 0.330 e. The molecule has 11 nitrogen and oxygen atoms in total. The number of ether oxygens (including phenoxy) is 2. The second-order valence-electron chi connectivity index (χ2n) is 4.34. The molecule has 0 amide bonds. The summed E-state index contributed by atoms with van der Waals surface area (Å²) in [6.07, 6.45) is -1.64. The molecule has 11 heteroatoms. The summed E-state index contributed by atoms with van der Waals surface area (Å²) in [5.74, 6) is -1.79. The van der Waals surface area contributed by atoms with E-state index >= 15 is 0 Å². The molecule has 0 saturated carbocycles. The first-order valence-electron chi connectivity index (χ1n) is 5.86. The Morgan fingerprint density at radius 2 is 2.38 bits per heavy atom. The molecular formula is C10H13N5O6. The Labute approximate surface area is 117 Å². The monoisotopic (exact) mass is 299 g/mol. The van der Waals surface area contributed by atoms with E-state index in [9.17, 15) is 19.8 Å². The molecule has 1 aliphatic heterocycles. The van der Waals surface area contributed by atoms with E-state index in [0.717, 1.165) is 16.8 Å². The number of nitrogens with one attached hydrogen (secondary N) is 1. The second-order valence-corrected chi connectivity index (χ2v) is 4.34. The van der Waals surface area contributed by atoms with Crippen molar-refractivity contribution < 1.29 is 19.7 Å². The smallest absolute Gasteiger partial charge is 0.330 e. The van der Waals surface area contributed by atoms with Crippen molar-refractivity contribution in [3.05, 3.63) is 43.5 Å². The number of nitrogens with zero attached hydrogens (tertiary/aromatic N) is 4. The van der Waals surface area contributed by atoms with E-state index in [-0.39, 0.29) is 0 Å². The lowest BCUT2D eigenvalue weighted by Crippen LogP contribution is -2.46. The van der Waals surface area contributed by atoms with Crippen LogP contribution in [0.2, 0.25) is 0 Å². The Morgan fingerprint density at radius 3 is 2.90 bits per heavy atom. The third-order valence-electron chi connectivity index (χ3n) is 3.25. The van der Waals surface area contributed by atoms with E-state index < -0.39 is 42.0 Å². The highest BCUT2D eigenvalue weighted by Gasteiger charge is 2.56. The van der Waals surface area contributed by atoms with Crippen molar-refractivity contribution >= 4 is 0 Å². The zero-order valence-electron chi connectivity index (χ0n) is 10.9. The number of aliphatic hydroxyl groups excluding tert-OH is 2. The average molecular weight is 299 g/mol.